The van der Waals surface area contributed by atoms with E-state index < -0.39 is 0 Å². The van der Waals surface area contributed by atoms with E-state index in [0.717, 1.165) is 12.2 Å². The second-order valence-corrected chi connectivity index (χ2v) is 4.16. The van der Waals surface area contributed by atoms with Crippen LogP contribution in [-0.2, 0) is 0 Å². The maximum absolute atomic E-state index is 6.11. The van der Waals surface area contributed by atoms with Crippen LogP contribution in [0, 0.1) is 6.92 Å². The van der Waals surface area contributed by atoms with Crippen molar-refractivity contribution in [3.8, 4) is 5.75 Å². The van der Waals surface area contributed by atoms with E-state index in [1.165, 1.54) is 16.7 Å². The molecule has 2 unspecified atom stereocenters. The minimum absolute atomic E-state index is 0.190. The maximum Gasteiger partial charge on any atom is 0.122 e. The average molecular weight is 191 g/mol. The summed E-state index contributed by atoms with van der Waals surface area (Å²) < 4.78 is 5.38. The lowest BCUT2D eigenvalue weighted by Gasteiger charge is -2.13. The van der Waals surface area contributed by atoms with E-state index in [4.69, 9.17) is 10.5 Å². The zero-order valence-electron chi connectivity index (χ0n) is 9.00. The Morgan fingerprint density at radius 1 is 1.36 bits per heavy atom. The van der Waals surface area contributed by atoms with Crippen molar-refractivity contribution in [3.63, 3.8) is 0 Å². The topological polar surface area (TPSA) is 35.2 Å². The Kier molecular flexibility index (Phi) is 2.23. The summed E-state index contributed by atoms with van der Waals surface area (Å²) >= 11 is 0. The summed E-state index contributed by atoms with van der Waals surface area (Å²) in [6, 6.07) is 4.33. The van der Waals surface area contributed by atoms with Gasteiger partial charge in [0.15, 0.2) is 0 Å². The number of hydrogen-bond donors (Lipinski definition) is 1. The molecule has 0 aromatic heterocycles. The summed E-state index contributed by atoms with van der Waals surface area (Å²) in [7, 11) is 1.72. The lowest BCUT2D eigenvalue weighted by Crippen LogP contribution is -2.07. The molecular weight excluding hydrogens is 174 g/mol. The maximum atomic E-state index is 6.11. The molecule has 0 spiro atoms. The van der Waals surface area contributed by atoms with Gasteiger partial charge in [-0.2, -0.15) is 0 Å². The molecule has 1 aromatic rings. The van der Waals surface area contributed by atoms with E-state index in [1.54, 1.807) is 7.11 Å². The standard InChI is InChI=1S/C12H17NO/c1-7-4-5-10(14-3)12-8(2)6-9(13)11(7)12/h4-5,8-9H,6,13H2,1-3H3. The van der Waals surface area contributed by atoms with E-state index in [2.05, 4.69) is 19.9 Å². The molecular formula is C12H17NO. The Labute approximate surface area is 85.1 Å². The van der Waals surface area contributed by atoms with Crippen molar-refractivity contribution in [1.82, 2.24) is 0 Å². The summed E-state index contributed by atoms with van der Waals surface area (Å²) in [6.45, 7) is 4.34. The lowest BCUT2D eigenvalue weighted by atomic mass is 9.99. The number of hydrogen-bond acceptors (Lipinski definition) is 2. The fourth-order valence-corrected chi connectivity index (χ4v) is 2.52. The van der Waals surface area contributed by atoms with Gasteiger partial charge in [0.25, 0.3) is 0 Å². The summed E-state index contributed by atoms with van der Waals surface area (Å²) in [4.78, 5) is 0. The molecule has 0 radical (unpaired) electrons. The van der Waals surface area contributed by atoms with E-state index >= 15 is 0 Å². The summed E-state index contributed by atoms with van der Waals surface area (Å²) in [5, 5.41) is 0. The second kappa shape index (κ2) is 3.28. The predicted molar refractivity (Wildman–Crippen MR) is 57.7 cm³/mol. The molecule has 0 saturated carbocycles. The Hall–Kier alpha value is -1.02. The van der Waals surface area contributed by atoms with Crippen LogP contribution in [0.25, 0.3) is 0 Å². The fraction of sp³-hybridized carbons (Fsp3) is 0.500. The van der Waals surface area contributed by atoms with Gasteiger partial charge in [-0.15, -0.1) is 0 Å². The molecule has 14 heavy (non-hydrogen) atoms. The summed E-state index contributed by atoms with van der Waals surface area (Å²) in [5.74, 6) is 1.51. The number of aryl methyl sites for hydroxylation is 1. The van der Waals surface area contributed by atoms with Crippen molar-refractivity contribution >= 4 is 0 Å². The van der Waals surface area contributed by atoms with Crippen LogP contribution in [0.5, 0.6) is 5.75 Å². The third-order valence-corrected chi connectivity index (χ3v) is 3.16. The third kappa shape index (κ3) is 1.22. The Morgan fingerprint density at radius 2 is 2.07 bits per heavy atom. The molecule has 2 nitrogen and oxygen atoms in total. The number of benzene rings is 1. The van der Waals surface area contributed by atoms with Gasteiger partial charge in [-0.25, -0.2) is 0 Å². The highest BCUT2D eigenvalue weighted by molar-refractivity contribution is 5.51. The molecule has 2 N–H and O–H groups in total. The van der Waals surface area contributed by atoms with Gasteiger partial charge in [0.1, 0.15) is 5.75 Å². The Balaban J connectivity index is 2.63. The van der Waals surface area contributed by atoms with Crippen molar-refractivity contribution in [2.45, 2.75) is 32.2 Å². The molecule has 2 heteroatoms. The molecule has 0 amide bonds. The third-order valence-electron chi connectivity index (χ3n) is 3.16. The number of fused-ring (bicyclic) bond motifs is 1. The first-order valence-corrected chi connectivity index (χ1v) is 5.08. The van der Waals surface area contributed by atoms with Crippen LogP contribution < -0.4 is 10.5 Å². The van der Waals surface area contributed by atoms with Gasteiger partial charge >= 0.3 is 0 Å². The molecule has 76 valence electrons. The Morgan fingerprint density at radius 3 is 2.71 bits per heavy atom. The predicted octanol–water partition coefficient (Wildman–Crippen LogP) is 2.51. The van der Waals surface area contributed by atoms with Crippen LogP contribution in [0.3, 0.4) is 0 Å². The van der Waals surface area contributed by atoms with Crippen molar-refractivity contribution < 1.29 is 4.74 Å². The smallest absolute Gasteiger partial charge is 0.122 e. The van der Waals surface area contributed by atoms with Crippen molar-refractivity contribution in [1.29, 1.82) is 0 Å². The quantitative estimate of drug-likeness (QED) is 0.740. The van der Waals surface area contributed by atoms with Gasteiger partial charge in [0, 0.05) is 11.6 Å². The number of nitrogens with two attached hydrogens (primary N) is 1. The lowest BCUT2D eigenvalue weighted by molar-refractivity contribution is 0.407. The van der Waals surface area contributed by atoms with Gasteiger partial charge in [-0.1, -0.05) is 13.0 Å². The Bertz CT molecular complexity index is 360. The fourth-order valence-electron chi connectivity index (χ4n) is 2.52. The largest absolute Gasteiger partial charge is 0.496 e. The molecule has 0 fully saturated rings. The van der Waals surface area contributed by atoms with Gasteiger partial charge in [0.2, 0.25) is 0 Å². The van der Waals surface area contributed by atoms with Gasteiger partial charge in [0.05, 0.1) is 7.11 Å². The van der Waals surface area contributed by atoms with Crippen LogP contribution in [0.1, 0.15) is 42.0 Å². The molecule has 1 aromatic carbocycles. The molecule has 1 aliphatic rings. The highest BCUT2D eigenvalue weighted by Gasteiger charge is 2.29. The molecule has 0 heterocycles. The van der Waals surface area contributed by atoms with Crippen LogP contribution in [0.4, 0.5) is 0 Å². The van der Waals surface area contributed by atoms with Gasteiger partial charge in [-0.05, 0) is 36.5 Å². The zero-order chi connectivity index (χ0) is 10.3. The summed E-state index contributed by atoms with van der Waals surface area (Å²) in [6.07, 6.45) is 1.04. The van der Waals surface area contributed by atoms with Gasteiger partial charge < -0.3 is 10.5 Å². The van der Waals surface area contributed by atoms with Crippen molar-refractivity contribution in [3.05, 3.63) is 28.8 Å². The molecule has 2 rings (SSSR count). The minimum Gasteiger partial charge on any atom is -0.496 e. The highest BCUT2D eigenvalue weighted by atomic mass is 16.5. The number of rotatable bonds is 1. The second-order valence-electron chi connectivity index (χ2n) is 4.16. The van der Waals surface area contributed by atoms with Crippen LogP contribution in [-0.4, -0.2) is 7.11 Å². The SMILES string of the molecule is COc1ccc(C)c2c1C(C)CC2N. The van der Waals surface area contributed by atoms with E-state index in [1.807, 2.05) is 6.07 Å². The zero-order valence-corrected chi connectivity index (χ0v) is 9.00. The first kappa shape index (κ1) is 9.53. The number of ether oxygens (including phenoxy) is 1. The van der Waals surface area contributed by atoms with Crippen molar-refractivity contribution in [2.75, 3.05) is 7.11 Å². The molecule has 1 aliphatic carbocycles. The highest BCUT2D eigenvalue weighted by Crippen LogP contribution is 2.45. The van der Waals surface area contributed by atoms with Crippen LogP contribution in [0.15, 0.2) is 12.1 Å². The molecule has 2 atom stereocenters. The first-order chi connectivity index (χ1) is 6.65. The molecule has 0 saturated heterocycles. The normalized spacial score (nSPS) is 24.9. The van der Waals surface area contributed by atoms with E-state index in [-0.39, 0.29) is 6.04 Å². The van der Waals surface area contributed by atoms with Crippen molar-refractivity contribution in [2.24, 2.45) is 5.73 Å². The van der Waals surface area contributed by atoms with E-state index in [0.29, 0.717) is 5.92 Å². The number of methoxy groups -OCH3 is 1. The van der Waals surface area contributed by atoms with Crippen LogP contribution >= 0.6 is 0 Å². The molecule has 0 aliphatic heterocycles. The van der Waals surface area contributed by atoms with Gasteiger partial charge in [-0.3, -0.25) is 0 Å². The first-order valence-electron chi connectivity index (χ1n) is 5.08. The summed E-state index contributed by atoms with van der Waals surface area (Å²) in [5.41, 5.74) is 10.0. The minimum atomic E-state index is 0.190. The molecule has 0 bridgehead atoms. The monoisotopic (exact) mass is 191 g/mol. The van der Waals surface area contributed by atoms with E-state index in [9.17, 15) is 0 Å². The van der Waals surface area contributed by atoms with Crippen LogP contribution in [0.2, 0.25) is 0 Å². The average Bonchev–Trinajstić information content (AvgIpc) is 2.44.